The van der Waals surface area contributed by atoms with Gasteiger partial charge in [-0.2, -0.15) is 4.98 Å². The van der Waals surface area contributed by atoms with Gasteiger partial charge in [0.1, 0.15) is 5.75 Å². The van der Waals surface area contributed by atoms with Crippen molar-refractivity contribution in [2.45, 2.75) is 19.9 Å². The number of methoxy groups -OCH3 is 1. The Morgan fingerprint density at radius 1 is 1.07 bits per heavy atom. The van der Waals surface area contributed by atoms with Crippen LogP contribution < -0.4 is 4.74 Å². The maximum Gasteiger partial charge on any atom is 0.241 e. The van der Waals surface area contributed by atoms with Gasteiger partial charge in [0.05, 0.1) is 20.1 Å². The summed E-state index contributed by atoms with van der Waals surface area (Å²) in [5, 5.41) is 4.10. The molecule has 2 heterocycles. The fourth-order valence-corrected chi connectivity index (χ4v) is 3.61. The molecule has 0 bridgehead atoms. The first-order valence-corrected chi connectivity index (χ1v) is 10.1. The predicted octanol–water partition coefficient (Wildman–Crippen LogP) is 2.94. The van der Waals surface area contributed by atoms with Crippen molar-refractivity contribution < 1.29 is 14.1 Å². The first kappa shape index (κ1) is 20.1. The summed E-state index contributed by atoms with van der Waals surface area (Å²) in [4.78, 5) is 21.4. The molecule has 3 aromatic rings. The van der Waals surface area contributed by atoms with E-state index in [-0.39, 0.29) is 5.91 Å². The Bertz CT molecular complexity index is 992. The molecule has 1 aromatic heterocycles. The molecule has 0 radical (unpaired) electrons. The second kappa shape index (κ2) is 9.09. The van der Waals surface area contributed by atoms with Gasteiger partial charge in [-0.25, -0.2) is 0 Å². The summed E-state index contributed by atoms with van der Waals surface area (Å²) in [6.07, 6.45) is 0.355. The van der Waals surface area contributed by atoms with Crippen molar-refractivity contribution in [1.82, 2.24) is 19.9 Å². The predicted molar refractivity (Wildman–Crippen MR) is 113 cm³/mol. The minimum Gasteiger partial charge on any atom is -0.496 e. The molecule has 156 valence electrons. The Morgan fingerprint density at radius 2 is 1.80 bits per heavy atom. The minimum atomic E-state index is 0.124. The van der Waals surface area contributed by atoms with E-state index in [9.17, 15) is 4.79 Å². The number of carbonyl (C=O) groups is 1. The van der Waals surface area contributed by atoms with Gasteiger partial charge in [-0.15, -0.1) is 0 Å². The van der Waals surface area contributed by atoms with Gasteiger partial charge in [-0.05, 0) is 13.0 Å². The summed E-state index contributed by atoms with van der Waals surface area (Å²) in [6.45, 7) is 5.57. The van der Waals surface area contributed by atoms with Crippen molar-refractivity contribution in [2.75, 3.05) is 33.3 Å². The number of rotatable bonds is 6. The second-order valence-electron chi connectivity index (χ2n) is 7.52. The zero-order chi connectivity index (χ0) is 20.9. The van der Waals surface area contributed by atoms with Gasteiger partial charge in [0, 0.05) is 37.3 Å². The third-order valence-corrected chi connectivity index (χ3v) is 5.40. The molecule has 0 aliphatic carbocycles. The summed E-state index contributed by atoms with van der Waals surface area (Å²) in [6, 6.07) is 15.7. The summed E-state index contributed by atoms with van der Waals surface area (Å²) in [7, 11) is 1.63. The van der Waals surface area contributed by atoms with E-state index in [4.69, 9.17) is 9.26 Å². The molecule has 0 atom stereocenters. The van der Waals surface area contributed by atoms with Crippen LogP contribution in [0.5, 0.6) is 5.75 Å². The molecule has 1 amide bonds. The van der Waals surface area contributed by atoms with E-state index in [0.29, 0.717) is 37.8 Å². The number of benzene rings is 2. The average molecular weight is 406 g/mol. The highest BCUT2D eigenvalue weighted by Gasteiger charge is 2.23. The van der Waals surface area contributed by atoms with Crippen LogP contribution in [0, 0.1) is 6.92 Å². The summed E-state index contributed by atoms with van der Waals surface area (Å²) in [5.74, 6) is 2.08. The Balaban J connectivity index is 1.29. The Hall–Kier alpha value is -3.19. The van der Waals surface area contributed by atoms with E-state index in [2.05, 4.69) is 15.0 Å². The van der Waals surface area contributed by atoms with Crippen LogP contribution >= 0.6 is 0 Å². The normalized spacial score (nSPS) is 14.7. The van der Waals surface area contributed by atoms with Crippen LogP contribution in [0.15, 0.2) is 53.1 Å². The number of para-hydroxylation sites is 1. The molecule has 1 aliphatic heterocycles. The molecule has 1 fully saturated rings. The molecule has 30 heavy (non-hydrogen) atoms. The Kier molecular flexibility index (Phi) is 6.09. The number of hydrogen-bond acceptors (Lipinski definition) is 6. The third kappa shape index (κ3) is 4.68. The molecule has 7 nitrogen and oxygen atoms in total. The molecule has 0 N–H and O–H groups in total. The number of ether oxygens (including phenoxy) is 1. The largest absolute Gasteiger partial charge is 0.496 e. The molecular formula is C23H26N4O3. The van der Waals surface area contributed by atoms with E-state index >= 15 is 0 Å². The summed E-state index contributed by atoms with van der Waals surface area (Å²) >= 11 is 0. The first-order chi connectivity index (χ1) is 14.6. The van der Waals surface area contributed by atoms with E-state index in [1.54, 1.807) is 7.11 Å². The number of nitrogens with zero attached hydrogens (tertiary/aromatic N) is 4. The molecule has 1 saturated heterocycles. The third-order valence-electron chi connectivity index (χ3n) is 5.40. The van der Waals surface area contributed by atoms with Crippen LogP contribution in [0.2, 0.25) is 0 Å². The van der Waals surface area contributed by atoms with Gasteiger partial charge < -0.3 is 14.2 Å². The van der Waals surface area contributed by atoms with Gasteiger partial charge >= 0.3 is 0 Å². The zero-order valence-electron chi connectivity index (χ0n) is 17.4. The van der Waals surface area contributed by atoms with Gasteiger partial charge in [0.25, 0.3) is 0 Å². The SMILES string of the molecule is COc1ccccc1CC(=O)N1CCN(Cc2nc(-c3ccc(C)cc3)no2)CC1. The second-order valence-corrected chi connectivity index (χ2v) is 7.52. The standard InChI is InChI=1S/C23H26N4O3/c1-17-7-9-18(10-8-17)23-24-21(30-25-23)16-26-11-13-27(14-12-26)22(28)15-19-5-3-4-6-20(19)29-2/h3-10H,11-16H2,1-2H3. The zero-order valence-corrected chi connectivity index (χ0v) is 17.4. The number of aromatic nitrogens is 2. The highest BCUT2D eigenvalue weighted by Crippen LogP contribution is 2.20. The topological polar surface area (TPSA) is 71.7 Å². The number of piperazine rings is 1. The lowest BCUT2D eigenvalue weighted by Gasteiger charge is -2.34. The van der Waals surface area contributed by atoms with Crippen LogP contribution in [0.3, 0.4) is 0 Å². The highest BCUT2D eigenvalue weighted by molar-refractivity contribution is 5.79. The maximum atomic E-state index is 12.7. The number of amides is 1. The minimum absolute atomic E-state index is 0.124. The molecule has 0 saturated carbocycles. The quantitative estimate of drug-likeness (QED) is 0.627. The lowest BCUT2D eigenvalue weighted by atomic mass is 10.1. The number of aryl methyl sites for hydroxylation is 1. The fraction of sp³-hybridized carbons (Fsp3) is 0.348. The summed E-state index contributed by atoms with van der Waals surface area (Å²) < 4.78 is 10.8. The van der Waals surface area contributed by atoms with Crippen molar-refractivity contribution in [3.63, 3.8) is 0 Å². The maximum absolute atomic E-state index is 12.7. The van der Waals surface area contributed by atoms with Crippen LogP contribution in [-0.4, -0.2) is 59.1 Å². The fourth-order valence-electron chi connectivity index (χ4n) is 3.61. The van der Waals surface area contributed by atoms with Crippen LogP contribution in [0.25, 0.3) is 11.4 Å². The van der Waals surface area contributed by atoms with Crippen molar-refractivity contribution in [2.24, 2.45) is 0 Å². The number of hydrogen-bond donors (Lipinski definition) is 0. The van der Waals surface area contributed by atoms with Crippen LogP contribution in [0.1, 0.15) is 17.0 Å². The van der Waals surface area contributed by atoms with Crippen LogP contribution in [0.4, 0.5) is 0 Å². The highest BCUT2D eigenvalue weighted by atomic mass is 16.5. The lowest BCUT2D eigenvalue weighted by molar-refractivity contribution is -0.132. The molecule has 0 spiro atoms. The first-order valence-electron chi connectivity index (χ1n) is 10.1. The van der Waals surface area contributed by atoms with E-state index < -0.39 is 0 Å². The van der Waals surface area contributed by atoms with Gasteiger partial charge in [0.15, 0.2) is 0 Å². The molecule has 2 aromatic carbocycles. The van der Waals surface area contributed by atoms with Crippen molar-refractivity contribution in [1.29, 1.82) is 0 Å². The average Bonchev–Trinajstić information content (AvgIpc) is 3.23. The Morgan fingerprint density at radius 3 is 2.53 bits per heavy atom. The lowest BCUT2D eigenvalue weighted by Crippen LogP contribution is -2.48. The molecular weight excluding hydrogens is 380 g/mol. The van der Waals surface area contributed by atoms with Gasteiger partial charge in [0.2, 0.25) is 17.6 Å². The summed E-state index contributed by atoms with van der Waals surface area (Å²) in [5.41, 5.74) is 3.06. The van der Waals surface area contributed by atoms with Gasteiger partial charge in [-0.3, -0.25) is 9.69 Å². The van der Waals surface area contributed by atoms with Crippen molar-refractivity contribution in [3.05, 3.63) is 65.5 Å². The van der Waals surface area contributed by atoms with Crippen molar-refractivity contribution >= 4 is 5.91 Å². The Labute approximate surface area is 176 Å². The molecule has 0 unspecified atom stereocenters. The van der Waals surface area contributed by atoms with Crippen molar-refractivity contribution in [3.8, 4) is 17.1 Å². The van der Waals surface area contributed by atoms with E-state index in [1.807, 2.05) is 60.4 Å². The van der Waals surface area contributed by atoms with E-state index in [1.165, 1.54) is 5.56 Å². The smallest absolute Gasteiger partial charge is 0.241 e. The molecule has 4 rings (SSSR count). The van der Waals surface area contributed by atoms with E-state index in [0.717, 1.165) is 30.0 Å². The monoisotopic (exact) mass is 406 g/mol. The molecule has 7 heteroatoms. The van der Waals surface area contributed by atoms with Crippen LogP contribution in [-0.2, 0) is 17.8 Å². The molecule has 1 aliphatic rings. The number of carbonyl (C=O) groups excluding carboxylic acids is 1. The van der Waals surface area contributed by atoms with Gasteiger partial charge in [-0.1, -0.05) is 53.2 Å².